The van der Waals surface area contributed by atoms with Gasteiger partial charge in [0.2, 0.25) is 0 Å². The molecule has 0 radical (unpaired) electrons. The summed E-state index contributed by atoms with van der Waals surface area (Å²) in [6, 6.07) is 4.99. The Morgan fingerprint density at radius 3 is 2.78 bits per heavy atom. The van der Waals surface area contributed by atoms with Crippen LogP contribution in [0.25, 0.3) is 0 Å². The molecule has 1 aromatic rings. The molecule has 2 nitrogen and oxygen atoms in total. The van der Waals surface area contributed by atoms with Crippen LogP contribution in [0, 0.1) is 11.2 Å². The molecular weight excluding hydrogens is 230 g/mol. The molecule has 0 bridgehead atoms. The van der Waals surface area contributed by atoms with Crippen molar-refractivity contribution < 1.29 is 13.8 Å². The van der Waals surface area contributed by atoms with Gasteiger partial charge in [0.1, 0.15) is 5.82 Å². The number of hydrogen-bond donors (Lipinski definition) is 0. The van der Waals surface area contributed by atoms with Crippen molar-refractivity contribution in [2.75, 3.05) is 6.61 Å². The minimum atomic E-state index is -0.410. The van der Waals surface area contributed by atoms with E-state index in [1.807, 2.05) is 0 Å². The van der Waals surface area contributed by atoms with Gasteiger partial charge in [0.05, 0.1) is 5.56 Å². The predicted molar refractivity (Wildman–Crippen MR) is 70.9 cm³/mol. The Hall–Kier alpha value is -1.16. The van der Waals surface area contributed by atoms with Gasteiger partial charge in [0.25, 0.3) is 0 Å². The smallest absolute Gasteiger partial charge is 0.330 e. The maximum Gasteiger partial charge on any atom is 0.330 e. The normalized spacial score (nSPS) is 18.1. The second-order valence-corrected chi connectivity index (χ2v) is 5.65. The lowest BCUT2D eigenvalue weighted by Crippen LogP contribution is -2.34. The summed E-state index contributed by atoms with van der Waals surface area (Å²) in [7, 11) is 0. The van der Waals surface area contributed by atoms with Gasteiger partial charge < -0.3 is 4.65 Å². The number of hydrogen-bond acceptors (Lipinski definition) is 2. The van der Waals surface area contributed by atoms with Gasteiger partial charge in [-0.25, -0.2) is 4.39 Å². The van der Waals surface area contributed by atoms with Crippen LogP contribution in [-0.4, -0.2) is 19.3 Å². The summed E-state index contributed by atoms with van der Waals surface area (Å²) in [5, 5.41) is 0. The average molecular weight is 248 g/mol. The largest absolute Gasteiger partial charge is 0.430 e. The molecule has 18 heavy (non-hydrogen) atoms. The Balaban J connectivity index is 2.32. The predicted octanol–water partition coefficient (Wildman–Crippen LogP) is 2.67. The van der Waals surface area contributed by atoms with Gasteiger partial charge in [-0.3, -0.25) is 4.79 Å². The zero-order valence-corrected chi connectivity index (χ0v) is 11.1. The Morgan fingerprint density at radius 1 is 1.50 bits per heavy atom. The van der Waals surface area contributed by atoms with Crippen LogP contribution in [0.15, 0.2) is 18.2 Å². The molecular formula is C14H18BFO2. The summed E-state index contributed by atoms with van der Waals surface area (Å²) in [6.45, 7) is 6.34. The van der Waals surface area contributed by atoms with Crippen LogP contribution in [0.3, 0.4) is 0 Å². The first-order chi connectivity index (χ1) is 8.44. The number of carbonyl (C=O) groups excluding carboxylic acids is 1. The highest BCUT2D eigenvalue weighted by Crippen LogP contribution is 2.30. The summed E-state index contributed by atoms with van der Waals surface area (Å²) in [6.07, 6.45) is 1.10. The van der Waals surface area contributed by atoms with Gasteiger partial charge in [-0.15, -0.1) is 0 Å². The van der Waals surface area contributed by atoms with Crippen molar-refractivity contribution in [3.63, 3.8) is 0 Å². The van der Waals surface area contributed by atoms with Crippen LogP contribution in [0.2, 0.25) is 6.32 Å². The molecule has 1 fully saturated rings. The van der Waals surface area contributed by atoms with Crippen molar-refractivity contribution in [2.45, 2.75) is 33.5 Å². The van der Waals surface area contributed by atoms with E-state index in [2.05, 4.69) is 13.8 Å². The topological polar surface area (TPSA) is 26.3 Å². The van der Waals surface area contributed by atoms with Gasteiger partial charge in [-0.1, -0.05) is 32.9 Å². The minimum Gasteiger partial charge on any atom is -0.430 e. The summed E-state index contributed by atoms with van der Waals surface area (Å²) in [4.78, 5) is 11.6. The van der Waals surface area contributed by atoms with Crippen LogP contribution < -0.4 is 5.46 Å². The van der Waals surface area contributed by atoms with Gasteiger partial charge in [-0.05, 0) is 23.3 Å². The maximum atomic E-state index is 14.3. The third-order valence-corrected chi connectivity index (χ3v) is 3.41. The third-order valence-electron chi connectivity index (χ3n) is 3.41. The first kappa shape index (κ1) is 13.3. The molecule has 4 heteroatoms. The fourth-order valence-corrected chi connectivity index (χ4v) is 2.35. The van der Waals surface area contributed by atoms with E-state index in [9.17, 15) is 9.18 Å². The monoisotopic (exact) mass is 248 g/mol. The lowest BCUT2D eigenvalue weighted by Gasteiger charge is -2.13. The lowest BCUT2D eigenvalue weighted by molar-refractivity contribution is 0.0984. The molecule has 1 saturated heterocycles. The molecule has 96 valence electrons. The van der Waals surface area contributed by atoms with Crippen LogP contribution in [0.4, 0.5) is 4.39 Å². The zero-order valence-electron chi connectivity index (χ0n) is 11.1. The molecule has 0 spiro atoms. The molecule has 0 N–H and O–H groups in total. The number of halogens is 1. The Kier molecular flexibility index (Phi) is 3.57. The van der Waals surface area contributed by atoms with Gasteiger partial charge in [-0.2, -0.15) is 0 Å². The third kappa shape index (κ3) is 2.48. The molecule has 0 saturated carbocycles. The van der Waals surface area contributed by atoms with Gasteiger partial charge in [0.15, 0.2) is 5.78 Å². The molecule has 1 aliphatic rings. The molecule has 1 aromatic carbocycles. The van der Waals surface area contributed by atoms with Crippen molar-refractivity contribution in [1.29, 1.82) is 0 Å². The number of carbonyl (C=O) groups is 1. The fraction of sp³-hybridized carbons (Fsp3) is 0.500. The SMILES string of the molecule is CCC(=O)c1cccc(B2CC(C)(C)CO2)c1F. The van der Waals surface area contributed by atoms with Gasteiger partial charge in [0, 0.05) is 13.0 Å². The maximum absolute atomic E-state index is 14.3. The number of benzene rings is 1. The summed E-state index contributed by atoms with van der Waals surface area (Å²) >= 11 is 0. The van der Waals surface area contributed by atoms with Crippen LogP contribution in [0.1, 0.15) is 37.6 Å². The first-order valence-corrected chi connectivity index (χ1v) is 6.38. The number of rotatable bonds is 3. The molecule has 0 unspecified atom stereocenters. The highest BCUT2D eigenvalue weighted by molar-refractivity contribution is 6.68. The van der Waals surface area contributed by atoms with Crippen LogP contribution in [-0.2, 0) is 4.65 Å². The zero-order chi connectivity index (χ0) is 13.3. The van der Waals surface area contributed by atoms with E-state index in [0.717, 1.165) is 6.32 Å². The van der Waals surface area contributed by atoms with E-state index in [-0.39, 0.29) is 23.7 Å². The summed E-state index contributed by atoms with van der Waals surface area (Å²) in [5.41, 5.74) is 0.769. The van der Waals surface area contributed by atoms with E-state index in [4.69, 9.17) is 4.65 Å². The average Bonchev–Trinajstić information content (AvgIpc) is 2.69. The molecule has 0 aromatic heterocycles. The summed E-state index contributed by atoms with van der Waals surface area (Å²) < 4.78 is 20.0. The van der Waals surface area contributed by atoms with Gasteiger partial charge >= 0.3 is 6.92 Å². The molecule has 2 rings (SSSR count). The van der Waals surface area contributed by atoms with Crippen LogP contribution in [0.5, 0.6) is 0 Å². The fourth-order valence-electron chi connectivity index (χ4n) is 2.35. The molecule has 1 aliphatic heterocycles. The minimum absolute atomic E-state index is 0.0713. The Bertz CT molecular complexity index is 471. The van der Waals surface area contributed by atoms with E-state index in [1.54, 1.807) is 25.1 Å². The molecule has 1 heterocycles. The molecule has 0 amide bonds. The van der Waals surface area contributed by atoms with Crippen molar-refractivity contribution in [3.8, 4) is 0 Å². The van der Waals surface area contributed by atoms with Crippen molar-refractivity contribution in [1.82, 2.24) is 0 Å². The van der Waals surface area contributed by atoms with Crippen molar-refractivity contribution >= 4 is 18.2 Å². The van der Waals surface area contributed by atoms with E-state index < -0.39 is 5.82 Å². The Morgan fingerprint density at radius 2 is 2.22 bits per heavy atom. The summed E-state index contributed by atoms with van der Waals surface area (Å²) in [5.74, 6) is -0.571. The van der Waals surface area contributed by atoms with E-state index >= 15 is 0 Å². The first-order valence-electron chi connectivity index (χ1n) is 6.38. The number of Topliss-reactive ketones (excluding diaryl/α,β-unsaturated/α-hetero) is 1. The van der Waals surface area contributed by atoms with E-state index in [1.165, 1.54) is 0 Å². The second-order valence-electron chi connectivity index (χ2n) is 5.65. The highest BCUT2D eigenvalue weighted by atomic mass is 19.1. The molecule has 0 atom stereocenters. The van der Waals surface area contributed by atoms with Crippen molar-refractivity contribution in [2.24, 2.45) is 5.41 Å². The quantitative estimate of drug-likeness (QED) is 0.607. The van der Waals surface area contributed by atoms with Crippen molar-refractivity contribution in [3.05, 3.63) is 29.6 Å². The molecule has 0 aliphatic carbocycles. The standard InChI is InChI=1S/C14H18BFO2/c1-4-12(17)10-6-5-7-11(13(10)16)15-8-14(2,3)9-18-15/h5-7H,4,8-9H2,1-3H3. The lowest BCUT2D eigenvalue weighted by atomic mass is 9.55. The highest BCUT2D eigenvalue weighted by Gasteiger charge is 2.38. The number of ketones is 1. The second kappa shape index (κ2) is 4.85. The van der Waals surface area contributed by atoms with Crippen LogP contribution >= 0.6 is 0 Å². The van der Waals surface area contributed by atoms with E-state index in [0.29, 0.717) is 18.5 Å². The Labute approximate surface area is 108 Å².